The van der Waals surface area contributed by atoms with Crippen molar-refractivity contribution in [2.45, 2.75) is 39.4 Å². The van der Waals surface area contributed by atoms with Crippen molar-refractivity contribution in [3.05, 3.63) is 95.1 Å². The van der Waals surface area contributed by atoms with Crippen molar-refractivity contribution in [3.63, 3.8) is 0 Å². The van der Waals surface area contributed by atoms with Crippen molar-refractivity contribution in [1.29, 1.82) is 0 Å². The number of likely N-dealkylation sites (N-methyl/N-ethyl adjacent to an activating group) is 1. The summed E-state index contributed by atoms with van der Waals surface area (Å²) < 4.78 is 41.3. The highest BCUT2D eigenvalue weighted by atomic mass is 19.1. The summed E-state index contributed by atoms with van der Waals surface area (Å²) in [6.45, 7) is 7.91. The molecule has 1 aliphatic heterocycles. The second-order valence-corrected chi connectivity index (χ2v) is 9.95. The molecule has 3 amide bonds. The van der Waals surface area contributed by atoms with Gasteiger partial charge in [0.1, 0.15) is 23.5 Å². The van der Waals surface area contributed by atoms with E-state index in [9.17, 15) is 27.6 Å². The van der Waals surface area contributed by atoms with Gasteiger partial charge in [-0.25, -0.2) is 18.2 Å². The molecule has 1 unspecified atom stereocenters. The van der Waals surface area contributed by atoms with Crippen LogP contribution >= 0.6 is 0 Å². The molecule has 1 aliphatic rings. The zero-order valence-corrected chi connectivity index (χ0v) is 24.1. The number of nitrogens with zero attached hydrogens (tertiary/aromatic N) is 4. The largest absolute Gasteiger partial charge is 0.344 e. The number of carbonyl (C=O) groups is 3. The van der Waals surface area contributed by atoms with Gasteiger partial charge in [0, 0.05) is 42.5 Å². The van der Waals surface area contributed by atoms with Crippen LogP contribution in [-0.4, -0.2) is 71.7 Å². The maximum atomic E-state index is 14.0. The minimum absolute atomic E-state index is 0.329. The normalized spacial score (nSPS) is 15.4. The third-order valence-electron chi connectivity index (χ3n) is 7.14. The molecule has 0 fully saturated rings. The molecule has 0 saturated carbocycles. The number of para-hydroxylation sites is 1. The van der Waals surface area contributed by atoms with Crippen LogP contribution in [0.2, 0.25) is 0 Å². The summed E-state index contributed by atoms with van der Waals surface area (Å²) in [5, 5.41) is 4.99. The molecule has 2 atom stereocenters. The van der Waals surface area contributed by atoms with Crippen molar-refractivity contribution >= 4 is 29.1 Å². The lowest BCUT2D eigenvalue weighted by Crippen LogP contribution is -2.53. The predicted octanol–water partition coefficient (Wildman–Crippen LogP) is 3.21. The number of pyridine rings is 1. The standard InChI is InChI=1S/C31H33F3N6O3/c1-4-39(5-2)14-15-40-26-12-7-6-10-21(26)28(25-11-8-9-13-35-25)37-29(31(40)43)38-30(42)19(3)36-27(41)18-22-23(33)16-20(32)17-24(22)34/h6-13,16-17,19,29H,4-5,14-15,18H2,1-3H3,(H,36,41)(H,38,42)/t19-,29?/m0/s1. The lowest BCUT2D eigenvalue weighted by Gasteiger charge is -2.28. The summed E-state index contributed by atoms with van der Waals surface area (Å²) in [6.07, 6.45) is -0.516. The summed E-state index contributed by atoms with van der Waals surface area (Å²) in [5.41, 5.74) is 1.55. The van der Waals surface area contributed by atoms with E-state index in [1.807, 2.05) is 38.1 Å². The smallest absolute Gasteiger partial charge is 0.272 e. The van der Waals surface area contributed by atoms with E-state index in [-0.39, 0.29) is 0 Å². The molecule has 4 rings (SSSR count). The van der Waals surface area contributed by atoms with Crippen molar-refractivity contribution in [3.8, 4) is 0 Å². The van der Waals surface area contributed by atoms with E-state index >= 15 is 0 Å². The second-order valence-electron chi connectivity index (χ2n) is 9.95. The summed E-state index contributed by atoms with van der Waals surface area (Å²) in [6, 6.07) is 12.3. The number of aromatic nitrogens is 1. The summed E-state index contributed by atoms with van der Waals surface area (Å²) in [7, 11) is 0. The number of nitrogens with one attached hydrogen (secondary N) is 2. The molecular formula is C31H33F3N6O3. The molecule has 2 N–H and O–H groups in total. The Hall–Kier alpha value is -4.58. The molecule has 0 aliphatic carbocycles. The van der Waals surface area contributed by atoms with Gasteiger partial charge in [0.25, 0.3) is 5.91 Å². The van der Waals surface area contributed by atoms with Crippen LogP contribution in [0.3, 0.4) is 0 Å². The average molecular weight is 595 g/mol. The Balaban J connectivity index is 1.60. The van der Waals surface area contributed by atoms with Gasteiger partial charge in [-0.1, -0.05) is 38.1 Å². The third kappa shape index (κ3) is 7.44. The zero-order valence-electron chi connectivity index (χ0n) is 24.1. The van der Waals surface area contributed by atoms with Crippen molar-refractivity contribution < 1.29 is 27.6 Å². The molecule has 226 valence electrons. The first-order valence-electron chi connectivity index (χ1n) is 14.0. The molecule has 12 heteroatoms. The molecule has 0 bridgehead atoms. The van der Waals surface area contributed by atoms with Crippen LogP contribution in [0.25, 0.3) is 0 Å². The van der Waals surface area contributed by atoms with Crippen LogP contribution < -0.4 is 15.5 Å². The molecule has 0 radical (unpaired) electrons. The number of hydrogen-bond donors (Lipinski definition) is 2. The summed E-state index contributed by atoms with van der Waals surface area (Å²) >= 11 is 0. The highest BCUT2D eigenvalue weighted by Crippen LogP contribution is 2.28. The molecule has 43 heavy (non-hydrogen) atoms. The molecule has 1 aromatic heterocycles. The lowest BCUT2D eigenvalue weighted by molar-refractivity contribution is -0.130. The average Bonchev–Trinajstić information content (AvgIpc) is 3.10. The van der Waals surface area contributed by atoms with Gasteiger partial charge in [-0.15, -0.1) is 0 Å². The summed E-state index contributed by atoms with van der Waals surface area (Å²) in [5.74, 6) is -5.63. The fraction of sp³-hybridized carbons (Fsp3) is 0.323. The van der Waals surface area contributed by atoms with Gasteiger partial charge in [-0.2, -0.15) is 0 Å². The molecular weight excluding hydrogens is 561 g/mol. The van der Waals surface area contributed by atoms with Crippen molar-refractivity contribution in [2.24, 2.45) is 4.99 Å². The molecule has 0 saturated heterocycles. The van der Waals surface area contributed by atoms with Gasteiger partial charge in [-0.3, -0.25) is 19.4 Å². The zero-order chi connectivity index (χ0) is 31.1. The number of hydrogen-bond acceptors (Lipinski definition) is 6. The van der Waals surface area contributed by atoms with Crippen LogP contribution in [0.15, 0.2) is 65.8 Å². The minimum atomic E-state index is -1.36. The Labute approximate surface area is 247 Å². The van der Waals surface area contributed by atoms with Crippen LogP contribution in [0, 0.1) is 17.5 Å². The van der Waals surface area contributed by atoms with Crippen LogP contribution in [0.5, 0.6) is 0 Å². The Bertz CT molecular complexity index is 1490. The lowest BCUT2D eigenvalue weighted by atomic mass is 10.0. The van der Waals surface area contributed by atoms with Crippen molar-refractivity contribution in [1.82, 2.24) is 20.5 Å². The highest BCUT2D eigenvalue weighted by Gasteiger charge is 2.34. The van der Waals surface area contributed by atoms with Crippen LogP contribution in [-0.2, 0) is 20.8 Å². The van der Waals surface area contributed by atoms with E-state index in [2.05, 4.69) is 25.5 Å². The first-order valence-corrected chi connectivity index (χ1v) is 14.0. The Morgan fingerprint density at radius 3 is 2.35 bits per heavy atom. The van der Waals surface area contributed by atoms with E-state index in [1.165, 1.54) is 6.92 Å². The SMILES string of the molecule is CCN(CC)CCN1C(=O)C(NC(=O)[C@H](C)NC(=O)Cc2c(F)cc(F)cc2F)N=C(c2ccccn2)c2ccccc21. The summed E-state index contributed by atoms with van der Waals surface area (Å²) in [4.78, 5) is 52.6. The monoisotopic (exact) mass is 594 g/mol. The van der Waals surface area contributed by atoms with Gasteiger partial charge >= 0.3 is 0 Å². The van der Waals surface area contributed by atoms with Gasteiger partial charge in [-0.05, 0) is 38.2 Å². The van der Waals surface area contributed by atoms with E-state index < -0.39 is 59.4 Å². The number of halogens is 3. The second kappa shape index (κ2) is 14.1. The highest BCUT2D eigenvalue weighted by molar-refractivity contribution is 6.19. The molecule has 2 heterocycles. The number of fused-ring (bicyclic) bond motifs is 1. The number of benzodiazepines with no additional fused rings is 1. The topological polar surface area (TPSA) is 107 Å². The molecule has 9 nitrogen and oxygen atoms in total. The maximum Gasteiger partial charge on any atom is 0.272 e. The molecule has 3 aromatic rings. The number of carbonyl (C=O) groups excluding carboxylic acids is 3. The number of aliphatic imine (C=N–C) groups is 1. The number of amides is 3. The first-order chi connectivity index (χ1) is 20.6. The van der Waals surface area contributed by atoms with Crippen LogP contribution in [0.1, 0.15) is 37.6 Å². The van der Waals surface area contributed by atoms with Gasteiger partial charge in [0.15, 0.2) is 0 Å². The van der Waals surface area contributed by atoms with E-state index in [4.69, 9.17) is 0 Å². The third-order valence-corrected chi connectivity index (χ3v) is 7.14. The van der Waals surface area contributed by atoms with Gasteiger partial charge < -0.3 is 20.4 Å². The Morgan fingerprint density at radius 1 is 1.02 bits per heavy atom. The molecule has 0 spiro atoms. The van der Waals surface area contributed by atoms with Crippen LogP contribution in [0.4, 0.5) is 18.9 Å². The Kier molecular flexibility index (Phi) is 10.3. The van der Waals surface area contributed by atoms with E-state index in [0.717, 1.165) is 13.1 Å². The minimum Gasteiger partial charge on any atom is -0.344 e. The Morgan fingerprint density at radius 2 is 1.70 bits per heavy atom. The van der Waals surface area contributed by atoms with E-state index in [0.29, 0.717) is 47.9 Å². The quantitative estimate of drug-likeness (QED) is 0.355. The number of benzene rings is 2. The number of rotatable bonds is 11. The number of anilines is 1. The van der Waals surface area contributed by atoms with Gasteiger partial charge in [0.2, 0.25) is 18.0 Å². The fourth-order valence-electron chi connectivity index (χ4n) is 4.76. The van der Waals surface area contributed by atoms with Gasteiger partial charge in [0.05, 0.1) is 23.5 Å². The fourth-order valence-corrected chi connectivity index (χ4v) is 4.76. The predicted molar refractivity (Wildman–Crippen MR) is 156 cm³/mol. The maximum absolute atomic E-state index is 14.0. The van der Waals surface area contributed by atoms with E-state index in [1.54, 1.807) is 29.3 Å². The van der Waals surface area contributed by atoms with Crippen molar-refractivity contribution in [2.75, 3.05) is 31.1 Å². The first kappa shape index (κ1) is 31.4. The molecule has 2 aromatic carbocycles.